The second kappa shape index (κ2) is 8.04. The third-order valence-electron chi connectivity index (χ3n) is 3.60. The monoisotopic (exact) mass is 339 g/mol. The highest BCUT2D eigenvalue weighted by molar-refractivity contribution is 5.79. The highest BCUT2D eigenvalue weighted by atomic mass is 15.3. The molecule has 0 amide bonds. The first-order valence-electron chi connectivity index (χ1n) is 8.05. The van der Waals surface area contributed by atoms with Crippen LogP contribution in [0.25, 0.3) is 5.69 Å². The average Bonchev–Trinajstić information content (AvgIpc) is 3.30. The molecule has 2 N–H and O–H groups in total. The summed E-state index contributed by atoms with van der Waals surface area (Å²) in [5, 5.41) is 14.7. The normalized spacial score (nSPS) is 11.5. The van der Waals surface area contributed by atoms with Crippen molar-refractivity contribution >= 4 is 5.96 Å². The lowest BCUT2D eigenvalue weighted by molar-refractivity contribution is 0.673. The first kappa shape index (κ1) is 16.6. The van der Waals surface area contributed by atoms with Crippen LogP contribution in [0.3, 0.4) is 0 Å². The molecule has 0 saturated carbocycles. The quantitative estimate of drug-likeness (QED) is 0.505. The van der Waals surface area contributed by atoms with Gasteiger partial charge >= 0.3 is 0 Å². The van der Waals surface area contributed by atoms with Gasteiger partial charge in [0.2, 0.25) is 0 Å². The maximum Gasteiger partial charge on any atom is 0.191 e. The SMILES string of the molecule is CCNC(=NCc1ccc(-n2cncn2)cc1)NCc1ncnn1C. The van der Waals surface area contributed by atoms with Crippen LogP contribution in [0.4, 0.5) is 0 Å². The van der Waals surface area contributed by atoms with Gasteiger partial charge < -0.3 is 10.6 Å². The molecule has 130 valence electrons. The van der Waals surface area contributed by atoms with Crippen molar-refractivity contribution in [3.63, 3.8) is 0 Å². The van der Waals surface area contributed by atoms with Crippen molar-refractivity contribution in [2.24, 2.45) is 12.0 Å². The summed E-state index contributed by atoms with van der Waals surface area (Å²) in [5.41, 5.74) is 2.08. The number of guanidine groups is 1. The van der Waals surface area contributed by atoms with Gasteiger partial charge in [-0.2, -0.15) is 10.2 Å². The Hall–Kier alpha value is -3.23. The highest BCUT2D eigenvalue weighted by Crippen LogP contribution is 2.08. The average molecular weight is 339 g/mol. The zero-order chi connectivity index (χ0) is 17.5. The van der Waals surface area contributed by atoms with Crippen LogP contribution in [-0.2, 0) is 20.1 Å². The lowest BCUT2D eigenvalue weighted by Crippen LogP contribution is -2.37. The van der Waals surface area contributed by atoms with Crippen molar-refractivity contribution in [3.05, 3.63) is 54.6 Å². The second-order valence-electron chi connectivity index (χ2n) is 5.36. The molecule has 3 aromatic rings. The van der Waals surface area contributed by atoms with E-state index in [1.54, 1.807) is 15.7 Å². The maximum atomic E-state index is 4.61. The number of nitrogens with zero attached hydrogens (tertiary/aromatic N) is 7. The minimum Gasteiger partial charge on any atom is -0.357 e. The van der Waals surface area contributed by atoms with Crippen molar-refractivity contribution in [1.29, 1.82) is 0 Å². The van der Waals surface area contributed by atoms with Crippen LogP contribution in [0.15, 0.2) is 48.2 Å². The molecule has 2 aromatic heterocycles. The number of rotatable bonds is 6. The molecular weight excluding hydrogens is 318 g/mol. The molecule has 0 aliphatic rings. The molecule has 0 bridgehead atoms. The number of aromatic nitrogens is 6. The Morgan fingerprint density at radius 3 is 2.60 bits per heavy atom. The molecule has 0 atom stereocenters. The van der Waals surface area contributed by atoms with Crippen LogP contribution >= 0.6 is 0 Å². The van der Waals surface area contributed by atoms with E-state index in [0.717, 1.165) is 29.6 Å². The van der Waals surface area contributed by atoms with Crippen molar-refractivity contribution < 1.29 is 0 Å². The third kappa shape index (κ3) is 4.40. The first-order valence-corrected chi connectivity index (χ1v) is 8.05. The molecular formula is C16H21N9. The summed E-state index contributed by atoms with van der Waals surface area (Å²) in [6.07, 6.45) is 4.73. The van der Waals surface area contributed by atoms with E-state index in [4.69, 9.17) is 0 Å². The molecule has 0 aliphatic heterocycles. The molecule has 25 heavy (non-hydrogen) atoms. The molecule has 3 rings (SSSR count). The van der Waals surface area contributed by atoms with E-state index in [0.29, 0.717) is 13.1 Å². The van der Waals surface area contributed by atoms with E-state index in [9.17, 15) is 0 Å². The Bertz CT molecular complexity index is 803. The molecule has 0 aliphatic carbocycles. The Kier molecular flexibility index (Phi) is 5.35. The topological polar surface area (TPSA) is 97.8 Å². The van der Waals surface area contributed by atoms with Gasteiger partial charge in [-0.1, -0.05) is 12.1 Å². The van der Waals surface area contributed by atoms with Gasteiger partial charge in [0.05, 0.1) is 18.8 Å². The second-order valence-corrected chi connectivity index (χ2v) is 5.36. The van der Waals surface area contributed by atoms with Crippen molar-refractivity contribution in [2.75, 3.05) is 6.54 Å². The van der Waals surface area contributed by atoms with E-state index >= 15 is 0 Å². The summed E-state index contributed by atoms with van der Waals surface area (Å²) in [6.45, 7) is 3.96. The largest absolute Gasteiger partial charge is 0.357 e. The van der Waals surface area contributed by atoms with Crippen molar-refractivity contribution in [1.82, 2.24) is 40.2 Å². The number of hydrogen-bond donors (Lipinski definition) is 2. The summed E-state index contributed by atoms with van der Waals surface area (Å²) in [6, 6.07) is 8.07. The molecule has 9 heteroatoms. The Morgan fingerprint density at radius 1 is 1.12 bits per heavy atom. The van der Waals surface area contributed by atoms with Crippen molar-refractivity contribution in [3.8, 4) is 5.69 Å². The molecule has 9 nitrogen and oxygen atoms in total. The molecule has 1 aromatic carbocycles. The summed E-state index contributed by atoms with van der Waals surface area (Å²) >= 11 is 0. The molecule has 0 fully saturated rings. The van der Waals surface area contributed by atoms with Gasteiger partial charge in [-0.15, -0.1) is 0 Å². The highest BCUT2D eigenvalue weighted by Gasteiger charge is 2.03. The predicted octanol–water partition coefficient (Wildman–Crippen LogP) is 0.651. The van der Waals surface area contributed by atoms with Crippen LogP contribution in [0.5, 0.6) is 0 Å². The van der Waals surface area contributed by atoms with Gasteiger partial charge in [0.15, 0.2) is 5.96 Å². The number of aliphatic imine (C=N–C) groups is 1. The van der Waals surface area contributed by atoms with Crippen LogP contribution in [0, 0.1) is 0 Å². The molecule has 0 spiro atoms. The Labute approximate surface area is 145 Å². The predicted molar refractivity (Wildman–Crippen MR) is 94.0 cm³/mol. The standard InChI is InChI=1S/C16H21N9/c1-3-18-16(20-9-15-21-11-22-24(15)2)19-8-13-4-6-14(7-5-13)25-12-17-10-23-25/h4-7,10-12H,3,8-9H2,1-2H3,(H2,18,19,20). The summed E-state index contributed by atoms with van der Waals surface area (Å²) in [7, 11) is 1.87. The summed E-state index contributed by atoms with van der Waals surface area (Å²) < 4.78 is 3.46. The smallest absolute Gasteiger partial charge is 0.191 e. The lowest BCUT2D eigenvalue weighted by atomic mass is 10.2. The fraction of sp³-hybridized carbons (Fsp3) is 0.312. The van der Waals surface area contributed by atoms with Crippen LogP contribution in [0.2, 0.25) is 0 Å². The lowest BCUT2D eigenvalue weighted by Gasteiger charge is -2.11. The van der Waals surface area contributed by atoms with Crippen molar-refractivity contribution in [2.45, 2.75) is 20.0 Å². The Morgan fingerprint density at radius 2 is 1.96 bits per heavy atom. The molecule has 0 radical (unpaired) electrons. The van der Waals surface area contributed by atoms with E-state index in [2.05, 4.69) is 35.8 Å². The van der Waals surface area contributed by atoms with Gasteiger partial charge in [0.25, 0.3) is 0 Å². The zero-order valence-electron chi connectivity index (χ0n) is 14.3. The summed E-state index contributed by atoms with van der Waals surface area (Å²) in [4.78, 5) is 12.8. The van der Waals surface area contributed by atoms with Crippen LogP contribution < -0.4 is 10.6 Å². The van der Waals surface area contributed by atoms with E-state index in [1.165, 1.54) is 12.7 Å². The number of aryl methyl sites for hydroxylation is 1. The Balaban J connectivity index is 1.61. The fourth-order valence-corrected chi connectivity index (χ4v) is 2.25. The van der Waals surface area contributed by atoms with Crippen LogP contribution in [-0.4, -0.2) is 42.0 Å². The van der Waals surface area contributed by atoms with E-state index in [-0.39, 0.29) is 0 Å². The van der Waals surface area contributed by atoms with Gasteiger partial charge in [0.1, 0.15) is 24.8 Å². The molecule has 0 saturated heterocycles. The third-order valence-corrected chi connectivity index (χ3v) is 3.60. The molecule has 2 heterocycles. The minimum absolute atomic E-state index is 0.563. The first-order chi connectivity index (χ1) is 12.3. The minimum atomic E-state index is 0.563. The van der Waals surface area contributed by atoms with Gasteiger partial charge in [-0.25, -0.2) is 19.6 Å². The van der Waals surface area contributed by atoms with Gasteiger partial charge in [0, 0.05) is 13.6 Å². The number of nitrogens with one attached hydrogen (secondary N) is 2. The van der Waals surface area contributed by atoms with Gasteiger partial charge in [-0.05, 0) is 24.6 Å². The summed E-state index contributed by atoms with van der Waals surface area (Å²) in [5.74, 6) is 1.59. The molecule has 0 unspecified atom stereocenters. The number of hydrogen-bond acceptors (Lipinski definition) is 5. The van der Waals surface area contributed by atoms with E-state index < -0.39 is 0 Å². The number of benzene rings is 1. The van der Waals surface area contributed by atoms with Crippen LogP contribution in [0.1, 0.15) is 18.3 Å². The van der Waals surface area contributed by atoms with Gasteiger partial charge in [-0.3, -0.25) is 4.68 Å². The maximum absolute atomic E-state index is 4.61. The zero-order valence-corrected chi connectivity index (χ0v) is 14.3. The van der Waals surface area contributed by atoms with E-state index in [1.807, 2.05) is 38.2 Å². The fourth-order valence-electron chi connectivity index (χ4n) is 2.25.